The van der Waals surface area contributed by atoms with Crippen molar-refractivity contribution in [3.63, 3.8) is 0 Å². The topological polar surface area (TPSA) is 91.9 Å². The van der Waals surface area contributed by atoms with Gasteiger partial charge in [-0.25, -0.2) is 4.39 Å². The number of aryl methyl sites for hydroxylation is 1. The van der Waals surface area contributed by atoms with E-state index in [1.807, 2.05) is 0 Å². The Hall–Kier alpha value is -2.58. The van der Waals surface area contributed by atoms with E-state index in [0.717, 1.165) is 12.1 Å². The number of halogens is 1. The smallest absolute Gasteiger partial charge is 0.258 e. The Morgan fingerprint density at radius 3 is 2.94 bits per heavy atom. The number of azide groups is 1. The quantitative estimate of drug-likeness (QED) is 0.156. The first kappa shape index (κ1) is 13.5. The fraction of sp³-hybridized carbons (Fsp3) is 0.273. The summed E-state index contributed by atoms with van der Waals surface area (Å²) < 4.78 is 13.5. The summed E-state index contributed by atoms with van der Waals surface area (Å²) in [6, 6.07) is 2.18. The van der Waals surface area contributed by atoms with Crippen LogP contribution in [0.4, 0.5) is 10.1 Å². The van der Waals surface area contributed by atoms with Crippen LogP contribution in [0.2, 0.25) is 0 Å². The Morgan fingerprint density at radius 2 is 2.33 bits per heavy atom. The van der Waals surface area contributed by atoms with Crippen molar-refractivity contribution in [2.75, 3.05) is 6.54 Å². The highest BCUT2D eigenvalue weighted by Crippen LogP contribution is 2.21. The van der Waals surface area contributed by atoms with Crippen LogP contribution in [0.25, 0.3) is 10.4 Å². The molecule has 0 bridgehead atoms. The average molecular weight is 248 g/mol. The number of hydrogen-bond acceptors (Lipinski definition) is 3. The predicted octanol–water partition coefficient (Wildman–Crippen LogP) is 3.09. The monoisotopic (exact) mass is 248 g/mol. The summed E-state index contributed by atoms with van der Waals surface area (Å²) in [7, 11) is 0. The van der Waals surface area contributed by atoms with Crippen LogP contribution in [0.3, 0.4) is 0 Å². The van der Waals surface area contributed by atoms with E-state index in [1.165, 1.54) is 6.92 Å². The van der Waals surface area contributed by atoms with Crippen LogP contribution in [0.5, 0.6) is 0 Å². The fourth-order valence-corrected chi connectivity index (χ4v) is 1.26. The summed E-state index contributed by atoms with van der Waals surface area (Å²) >= 11 is 0. The molecule has 0 aliphatic rings. The second kappa shape index (κ2) is 6.23. The SMILES string of the molecule is Cc1cc(F)c(C#CCCN=[N+]=[N-])cc1[N+](=O)[O-]. The van der Waals surface area contributed by atoms with Crippen molar-refractivity contribution in [1.29, 1.82) is 0 Å². The maximum atomic E-state index is 13.5. The highest BCUT2D eigenvalue weighted by Gasteiger charge is 2.14. The zero-order chi connectivity index (χ0) is 13.5. The summed E-state index contributed by atoms with van der Waals surface area (Å²) in [6.07, 6.45) is 0.269. The molecule has 0 aliphatic heterocycles. The van der Waals surface area contributed by atoms with Gasteiger partial charge in [-0.05, 0) is 18.5 Å². The number of nitro benzene ring substituents is 1. The molecule has 0 fully saturated rings. The fourth-order valence-electron chi connectivity index (χ4n) is 1.26. The zero-order valence-electron chi connectivity index (χ0n) is 9.55. The van der Waals surface area contributed by atoms with E-state index in [4.69, 9.17) is 5.53 Å². The van der Waals surface area contributed by atoms with Crippen LogP contribution in [0, 0.1) is 34.7 Å². The molecule has 0 amide bonds. The van der Waals surface area contributed by atoms with Gasteiger partial charge < -0.3 is 0 Å². The standard InChI is InChI=1S/C11H9FN4O2/c1-8-6-10(12)9(7-11(8)16(17)18)4-2-3-5-14-15-13/h6-7H,3,5H2,1H3. The van der Waals surface area contributed by atoms with Gasteiger partial charge in [0.1, 0.15) is 5.82 Å². The van der Waals surface area contributed by atoms with Gasteiger partial charge >= 0.3 is 0 Å². The molecular weight excluding hydrogens is 239 g/mol. The summed E-state index contributed by atoms with van der Waals surface area (Å²) in [6.45, 7) is 1.64. The molecule has 0 N–H and O–H groups in total. The van der Waals surface area contributed by atoms with Crippen LogP contribution < -0.4 is 0 Å². The molecular formula is C11H9FN4O2. The molecule has 6 nitrogen and oxygen atoms in total. The zero-order valence-corrected chi connectivity index (χ0v) is 9.55. The maximum Gasteiger partial charge on any atom is 0.273 e. The molecule has 7 heteroatoms. The van der Waals surface area contributed by atoms with Gasteiger partial charge in [-0.15, -0.1) is 0 Å². The summed E-state index contributed by atoms with van der Waals surface area (Å²) in [5.74, 6) is 4.46. The van der Waals surface area contributed by atoms with Gasteiger partial charge in [0, 0.05) is 29.5 Å². The first-order valence-electron chi connectivity index (χ1n) is 5.00. The van der Waals surface area contributed by atoms with Gasteiger partial charge in [-0.3, -0.25) is 10.1 Å². The lowest BCUT2D eigenvalue weighted by molar-refractivity contribution is -0.385. The minimum absolute atomic E-state index is 0.0340. The number of benzene rings is 1. The predicted molar refractivity (Wildman–Crippen MR) is 63.3 cm³/mol. The molecule has 0 radical (unpaired) electrons. The van der Waals surface area contributed by atoms with Crippen molar-refractivity contribution in [3.05, 3.63) is 49.6 Å². The molecule has 0 aliphatic carbocycles. The van der Waals surface area contributed by atoms with Gasteiger partial charge in [0.2, 0.25) is 0 Å². The molecule has 0 aromatic heterocycles. The first-order chi connectivity index (χ1) is 8.56. The van der Waals surface area contributed by atoms with Crippen LogP contribution in [0.1, 0.15) is 17.5 Å². The molecule has 0 unspecified atom stereocenters. The molecule has 1 aromatic rings. The van der Waals surface area contributed by atoms with Crippen LogP contribution in [-0.4, -0.2) is 11.5 Å². The first-order valence-corrected chi connectivity index (χ1v) is 5.00. The maximum absolute atomic E-state index is 13.5. The van der Waals surface area contributed by atoms with E-state index in [9.17, 15) is 14.5 Å². The second-order valence-electron chi connectivity index (χ2n) is 3.38. The number of rotatable bonds is 3. The van der Waals surface area contributed by atoms with Crippen molar-refractivity contribution in [3.8, 4) is 11.8 Å². The molecule has 0 atom stereocenters. The van der Waals surface area contributed by atoms with Gasteiger partial charge in [-0.1, -0.05) is 17.0 Å². The van der Waals surface area contributed by atoms with Crippen molar-refractivity contribution >= 4 is 5.69 Å². The van der Waals surface area contributed by atoms with E-state index in [1.54, 1.807) is 0 Å². The van der Waals surface area contributed by atoms with Gasteiger partial charge in [-0.2, -0.15) is 0 Å². The minimum atomic E-state index is -0.602. The highest BCUT2D eigenvalue weighted by atomic mass is 19.1. The normalized spacial score (nSPS) is 9.00. The van der Waals surface area contributed by atoms with E-state index in [0.29, 0.717) is 0 Å². The van der Waals surface area contributed by atoms with E-state index >= 15 is 0 Å². The van der Waals surface area contributed by atoms with Crippen LogP contribution in [-0.2, 0) is 0 Å². The number of nitrogens with zero attached hydrogens (tertiary/aromatic N) is 4. The van der Waals surface area contributed by atoms with Crippen molar-refractivity contribution in [1.82, 2.24) is 0 Å². The van der Waals surface area contributed by atoms with Crippen LogP contribution in [0.15, 0.2) is 17.2 Å². The Bertz CT molecular complexity index is 583. The lowest BCUT2D eigenvalue weighted by Crippen LogP contribution is -1.95. The van der Waals surface area contributed by atoms with Gasteiger partial charge in [0.05, 0.1) is 10.5 Å². The molecule has 1 aromatic carbocycles. The third-order valence-corrected chi connectivity index (χ3v) is 2.11. The molecule has 92 valence electrons. The summed E-state index contributed by atoms with van der Waals surface area (Å²) in [4.78, 5) is 12.6. The molecule has 0 heterocycles. The van der Waals surface area contributed by atoms with E-state index in [-0.39, 0.29) is 29.8 Å². The minimum Gasteiger partial charge on any atom is -0.258 e. The largest absolute Gasteiger partial charge is 0.273 e. The number of hydrogen-bond donors (Lipinski definition) is 0. The van der Waals surface area contributed by atoms with Crippen LogP contribution >= 0.6 is 0 Å². The van der Waals surface area contributed by atoms with E-state index < -0.39 is 10.7 Å². The third kappa shape index (κ3) is 3.47. The molecule has 0 saturated heterocycles. The lowest BCUT2D eigenvalue weighted by atomic mass is 10.1. The molecule has 1 rings (SSSR count). The third-order valence-electron chi connectivity index (χ3n) is 2.11. The van der Waals surface area contributed by atoms with Crippen molar-refractivity contribution < 1.29 is 9.31 Å². The van der Waals surface area contributed by atoms with Gasteiger partial charge in [0.25, 0.3) is 5.69 Å². The van der Waals surface area contributed by atoms with Crippen molar-refractivity contribution in [2.24, 2.45) is 5.11 Å². The Labute approximate surface area is 102 Å². The van der Waals surface area contributed by atoms with Gasteiger partial charge in [0.15, 0.2) is 0 Å². The Morgan fingerprint density at radius 1 is 1.61 bits per heavy atom. The summed E-state index contributed by atoms with van der Waals surface area (Å²) in [5, 5.41) is 13.9. The lowest BCUT2D eigenvalue weighted by Gasteiger charge is -1.99. The molecule has 18 heavy (non-hydrogen) atoms. The average Bonchev–Trinajstić information content (AvgIpc) is 2.30. The number of nitro groups is 1. The van der Waals surface area contributed by atoms with E-state index in [2.05, 4.69) is 21.9 Å². The Balaban J connectivity index is 2.98. The molecule has 0 saturated carbocycles. The van der Waals surface area contributed by atoms with Crippen molar-refractivity contribution in [2.45, 2.75) is 13.3 Å². The molecule has 0 spiro atoms. The summed E-state index contributed by atoms with van der Waals surface area (Å²) in [5.41, 5.74) is 8.07. The Kier molecular flexibility index (Phi) is 4.67. The highest BCUT2D eigenvalue weighted by molar-refractivity contribution is 5.49. The second-order valence-corrected chi connectivity index (χ2v) is 3.38.